The smallest absolute Gasteiger partial charge is 0.258 e. The molecule has 4 rings (SSSR count). The number of nitrogens with zero attached hydrogens (tertiary/aromatic N) is 2. The van der Waals surface area contributed by atoms with Crippen LogP contribution in [0.25, 0.3) is 0 Å². The maximum Gasteiger partial charge on any atom is 0.258 e. The monoisotopic (exact) mass is 688 g/mol. The summed E-state index contributed by atoms with van der Waals surface area (Å²) >= 11 is 7.38. The zero-order chi connectivity index (χ0) is 30.7. The minimum Gasteiger partial charge on any atom is -0.307 e. The number of carbonyl (C=O) groups is 2. The molecule has 0 saturated carbocycles. The molecule has 0 unspecified atom stereocenters. The lowest BCUT2D eigenvalue weighted by Gasteiger charge is -2.29. The average molecular weight is 691 g/mol. The number of halogens is 2. The first-order valence-corrected chi connectivity index (χ1v) is 15.7. The zero-order valence-corrected chi connectivity index (χ0v) is 28.3. The molecule has 0 N–H and O–H groups in total. The average Bonchev–Trinajstić information content (AvgIpc) is 2.94. The van der Waals surface area contributed by atoms with Gasteiger partial charge < -0.3 is 9.80 Å². The number of benzene rings is 4. The first-order valence-electron chi connectivity index (χ1n) is 14.1. The Balaban J connectivity index is 1.68. The summed E-state index contributed by atoms with van der Waals surface area (Å²) in [5.74, 6) is -0.250. The van der Waals surface area contributed by atoms with E-state index in [4.69, 9.17) is 0 Å². The third-order valence-electron chi connectivity index (χ3n) is 7.22. The Morgan fingerprint density at radius 3 is 1.17 bits per heavy atom. The van der Waals surface area contributed by atoms with Gasteiger partial charge in [-0.1, -0.05) is 122 Å². The predicted molar refractivity (Wildman–Crippen MR) is 182 cm³/mol. The summed E-state index contributed by atoms with van der Waals surface area (Å²) in [6, 6.07) is 30.8. The largest absolute Gasteiger partial charge is 0.307 e. The van der Waals surface area contributed by atoms with E-state index < -0.39 is 0 Å². The van der Waals surface area contributed by atoms with E-state index in [2.05, 4.69) is 73.4 Å². The Kier molecular flexibility index (Phi) is 9.79. The first-order chi connectivity index (χ1) is 19.8. The topological polar surface area (TPSA) is 40.6 Å². The molecule has 42 heavy (non-hydrogen) atoms. The molecule has 2 amide bonds. The van der Waals surface area contributed by atoms with Gasteiger partial charge in [0.05, 0.1) is 0 Å². The van der Waals surface area contributed by atoms with Crippen LogP contribution in [0.5, 0.6) is 0 Å². The van der Waals surface area contributed by atoms with Gasteiger partial charge >= 0.3 is 0 Å². The Labute approximate surface area is 267 Å². The van der Waals surface area contributed by atoms with E-state index >= 15 is 0 Å². The first kappa shape index (κ1) is 31.7. The maximum absolute atomic E-state index is 14.0. The molecule has 0 aliphatic carbocycles. The molecule has 0 radical (unpaired) electrons. The van der Waals surface area contributed by atoms with Gasteiger partial charge in [-0.3, -0.25) is 9.59 Å². The van der Waals surface area contributed by atoms with E-state index in [0.29, 0.717) is 24.2 Å². The second-order valence-corrected chi connectivity index (χ2v) is 14.2. The maximum atomic E-state index is 14.0. The fourth-order valence-corrected chi connectivity index (χ4v) is 6.88. The van der Waals surface area contributed by atoms with Crippen molar-refractivity contribution < 1.29 is 9.59 Å². The van der Waals surface area contributed by atoms with E-state index in [1.807, 2.05) is 97.1 Å². The molecule has 0 aliphatic heterocycles. The lowest BCUT2D eigenvalue weighted by Crippen LogP contribution is -2.41. The molecule has 4 aromatic rings. The highest BCUT2D eigenvalue weighted by atomic mass is 79.9. The molecule has 0 fully saturated rings. The number of para-hydroxylation sites is 2. The summed E-state index contributed by atoms with van der Waals surface area (Å²) in [4.78, 5) is 31.5. The minimum absolute atomic E-state index is 0.0594. The lowest BCUT2D eigenvalue weighted by atomic mass is 9.86. The molecule has 0 spiro atoms. The summed E-state index contributed by atoms with van der Waals surface area (Å²) in [5.41, 5.74) is 4.86. The lowest BCUT2D eigenvalue weighted by molar-refractivity contribution is 0.0968. The zero-order valence-electron chi connectivity index (χ0n) is 25.1. The van der Waals surface area contributed by atoms with Crippen LogP contribution < -0.4 is 9.80 Å². The van der Waals surface area contributed by atoms with Crippen LogP contribution in [0, 0.1) is 0 Å². The summed E-state index contributed by atoms with van der Waals surface area (Å²) in [6.07, 6.45) is 0. The van der Waals surface area contributed by atoms with Crippen LogP contribution in [0.2, 0.25) is 0 Å². The Morgan fingerprint density at radius 1 is 0.548 bits per heavy atom. The van der Waals surface area contributed by atoms with E-state index in [-0.39, 0.29) is 22.6 Å². The van der Waals surface area contributed by atoms with Crippen molar-refractivity contribution in [1.82, 2.24) is 0 Å². The van der Waals surface area contributed by atoms with E-state index in [1.165, 1.54) is 0 Å². The number of anilines is 2. The van der Waals surface area contributed by atoms with Crippen LogP contribution in [0.1, 0.15) is 73.4 Å². The van der Waals surface area contributed by atoms with Crippen LogP contribution in [0.15, 0.2) is 106 Å². The standard InChI is InChI=1S/C36H38Br2N2O2/c1-35(2,3)29-19-17-25(23-31(29)37)33(41)39(27-13-9-7-10-14-27)21-22-40(28-15-11-8-12-16-28)34(42)26-18-20-30(32(38)24-26)36(4,5)6/h7-20,23-24H,21-22H2,1-6H3. The fraction of sp³-hybridized carbons (Fsp3) is 0.278. The Bertz CT molecular complexity index is 1440. The number of carbonyl (C=O) groups excluding carboxylic acids is 2. The molecule has 0 saturated heterocycles. The fourth-order valence-electron chi connectivity index (χ4n) is 4.94. The molecule has 0 bridgehead atoms. The van der Waals surface area contributed by atoms with Gasteiger partial charge in [0, 0.05) is 44.5 Å². The minimum atomic E-state index is -0.125. The highest BCUT2D eigenvalue weighted by Gasteiger charge is 2.26. The summed E-state index contributed by atoms with van der Waals surface area (Å²) < 4.78 is 1.80. The van der Waals surface area contributed by atoms with Crippen molar-refractivity contribution in [1.29, 1.82) is 0 Å². The number of hydrogen-bond donors (Lipinski definition) is 0. The summed E-state index contributed by atoms with van der Waals surface area (Å²) in [5, 5.41) is 0. The van der Waals surface area contributed by atoms with Crippen molar-refractivity contribution in [2.45, 2.75) is 52.4 Å². The second kappa shape index (κ2) is 13.0. The van der Waals surface area contributed by atoms with Gasteiger partial charge in [0.1, 0.15) is 0 Å². The molecule has 0 aliphatic rings. The summed E-state index contributed by atoms with van der Waals surface area (Å²) in [7, 11) is 0. The third kappa shape index (κ3) is 7.40. The highest BCUT2D eigenvalue weighted by molar-refractivity contribution is 9.10. The van der Waals surface area contributed by atoms with Crippen LogP contribution in [0.3, 0.4) is 0 Å². The molecule has 0 heterocycles. The van der Waals surface area contributed by atoms with Crippen LogP contribution in [0.4, 0.5) is 11.4 Å². The number of amides is 2. The van der Waals surface area contributed by atoms with Crippen molar-refractivity contribution >= 4 is 55.0 Å². The SMILES string of the molecule is CC(C)(C)c1ccc(C(=O)N(CCN(C(=O)c2ccc(C(C)(C)C)c(Br)c2)c2ccccc2)c2ccccc2)cc1Br. The molecule has 0 atom stereocenters. The van der Waals surface area contributed by atoms with E-state index in [1.54, 1.807) is 9.80 Å². The van der Waals surface area contributed by atoms with Crippen LogP contribution in [-0.2, 0) is 10.8 Å². The molecule has 0 aromatic heterocycles. The van der Waals surface area contributed by atoms with Gasteiger partial charge in [0.2, 0.25) is 0 Å². The molecule has 218 valence electrons. The van der Waals surface area contributed by atoms with Gasteiger partial charge in [-0.2, -0.15) is 0 Å². The number of rotatable bonds is 7. The molecule has 4 nitrogen and oxygen atoms in total. The predicted octanol–water partition coefficient (Wildman–Crippen LogP) is 9.80. The van der Waals surface area contributed by atoms with Gasteiger partial charge in [0.25, 0.3) is 11.8 Å². The summed E-state index contributed by atoms with van der Waals surface area (Å²) in [6.45, 7) is 13.5. The Morgan fingerprint density at radius 2 is 0.881 bits per heavy atom. The van der Waals surface area contributed by atoms with Crippen molar-refractivity contribution in [3.8, 4) is 0 Å². The van der Waals surface area contributed by atoms with Gasteiger partial charge in [-0.25, -0.2) is 0 Å². The van der Waals surface area contributed by atoms with Gasteiger partial charge in [-0.05, 0) is 70.5 Å². The van der Waals surface area contributed by atoms with Gasteiger partial charge in [-0.15, -0.1) is 0 Å². The third-order valence-corrected chi connectivity index (χ3v) is 8.53. The molecule has 4 aromatic carbocycles. The van der Waals surface area contributed by atoms with Crippen LogP contribution >= 0.6 is 31.9 Å². The van der Waals surface area contributed by atoms with Crippen molar-refractivity contribution in [2.24, 2.45) is 0 Å². The van der Waals surface area contributed by atoms with Crippen molar-refractivity contribution in [3.05, 3.63) is 128 Å². The van der Waals surface area contributed by atoms with Crippen molar-refractivity contribution in [2.75, 3.05) is 22.9 Å². The Hall–Kier alpha value is -3.22. The second-order valence-electron chi connectivity index (χ2n) is 12.5. The van der Waals surface area contributed by atoms with Gasteiger partial charge in [0.15, 0.2) is 0 Å². The van der Waals surface area contributed by atoms with E-state index in [9.17, 15) is 9.59 Å². The molecular formula is C36H38Br2N2O2. The molecular weight excluding hydrogens is 652 g/mol. The number of hydrogen-bond acceptors (Lipinski definition) is 2. The van der Waals surface area contributed by atoms with E-state index in [0.717, 1.165) is 31.4 Å². The molecule has 6 heteroatoms. The quantitative estimate of drug-likeness (QED) is 0.194. The normalized spacial score (nSPS) is 11.7. The highest BCUT2D eigenvalue weighted by Crippen LogP contribution is 2.32. The van der Waals surface area contributed by atoms with Crippen molar-refractivity contribution in [3.63, 3.8) is 0 Å². The van der Waals surface area contributed by atoms with Crippen LogP contribution in [-0.4, -0.2) is 24.9 Å².